The van der Waals surface area contributed by atoms with Gasteiger partial charge in [-0.2, -0.15) is 0 Å². The third-order valence-corrected chi connectivity index (χ3v) is 6.06. The lowest BCUT2D eigenvalue weighted by Crippen LogP contribution is -2.37. The Balaban J connectivity index is 1.65. The molecule has 182 valence electrons. The highest BCUT2D eigenvalue weighted by Gasteiger charge is 2.27. The molecule has 2 aromatic carbocycles. The first-order valence-corrected chi connectivity index (χ1v) is 11.5. The van der Waals surface area contributed by atoms with E-state index in [4.69, 9.17) is 18.6 Å². The molecular weight excluding hydrogens is 436 g/mol. The van der Waals surface area contributed by atoms with Gasteiger partial charge in [0.1, 0.15) is 29.6 Å². The van der Waals surface area contributed by atoms with Crippen molar-refractivity contribution in [3.63, 3.8) is 0 Å². The first-order chi connectivity index (χ1) is 16.4. The minimum atomic E-state index is -0.825. The summed E-state index contributed by atoms with van der Waals surface area (Å²) in [7, 11) is 1.66. The predicted molar refractivity (Wildman–Crippen MR) is 130 cm³/mol. The first kappa shape index (κ1) is 25.6. The number of aliphatic hydroxyl groups is 1. The summed E-state index contributed by atoms with van der Waals surface area (Å²) in [6, 6.07) is 15.1. The van der Waals surface area contributed by atoms with Gasteiger partial charge in [0.05, 0.1) is 12.2 Å². The van der Waals surface area contributed by atoms with Crippen LogP contribution in [-0.2, 0) is 9.47 Å². The topological polar surface area (TPSA) is 95.2 Å². The van der Waals surface area contributed by atoms with Crippen LogP contribution in [0.2, 0.25) is 0 Å². The zero-order valence-corrected chi connectivity index (χ0v) is 19.9. The zero-order valence-electron chi connectivity index (χ0n) is 19.9. The Morgan fingerprint density at radius 1 is 1.06 bits per heavy atom. The van der Waals surface area contributed by atoms with Gasteiger partial charge < -0.3 is 23.7 Å². The Labute approximate surface area is 199 Å². The van der Waals surface area contributed by atoms with E-state index in [0.717, 1.165) is 19.3 Å². The molecule has 0 saturated carbocycles. The van der Waals surface area contributed by atoms with Crippen molar-refractivity contribution in [1.82, 2.24) is 0 Å². The molecule has 3 aromatic rings. The number of hydrogen-bond acceptors (Lipinski definition) is 7. The molecule has 0 fully saturated rings. The number of benzene rings is 2. The minimum Gasteiger partial charge on any atom is -0.491 e. The van der Waals surface area contributed by atoms with Gasteiger partial charge in [-0.1, -0.05) is 44.2 Å². The fraction of sp³-hybridized carbons (Fsp3) is 0.407. The fourth-order valence-corrected chi connectivity index (χ4v) is 3.77. The van der Waals surface area contributed by atoms with Gasteiger partial charge in [0.2, 0.25) is 0 Å². The average Bonchev–Trinajstić information content (AvgIpc) is 2.87. The fourth-order valence-electron chi connectivity index (χ4n) is 3.77. The van der Waals surface area contributed by atoms with Crippen molar-refractivity contribution in [2.75, 3.05) is 26.9 Å². The summed E-state index contributed by atoms with van der Waals surface area (Å²) in [5.74, 6) is 0.0499. The molecule has 1 unspecified atom stereocenters. The number of carbonyl (C=O) groups is 1. The maximum Gasteiger partial charge on any atom is 0.347 e. The van der Waals surface area contributed by atoms with Gasteiger partial charge in [0, 0.05) is 30.7 Å². The Morgan fingerprint density at radius 2 is 1.79 bits per heavy atom. The van der Waals surface area contributed by atoms with Crippen LogP contribution in [-0.4, -0.2) is 49.5 Å². The third-order valence-electron chi connectivity index (χ3n) is 6.06. The highest BCUT2D eigenvalue weighted by molar-refractivity contribution is 6.09. The van der Waals surface area contributed by atoms with Crippen LogP contribution in [0, 0.1) is 0 Å². The number of ketones is 1. The van der Waals surface area contributed by atoms with E-state index in [9.17, 15) is 14.7 Å². The molecule has 1 aromatic heterocycles. The molecule has 0 radical (unpaired) electrons. The van der Waals surface area contributed by atoms with Crippen LogP contribution < -0.4 is 10.4 Å². The Kier molecular flexibility index (Phi) is 8.98. The van der Waals surface area contributed by atoms with E-state index < -0.39 is 11.7 Å². The molecule has 0 aliphatic carbocycles. The minimum absolute atomic E-state index is 0.0219. The van der Waals surface area contributed by atoms with Gasteiger partial charge in [-0.3, -0.25) is 4.79 Å². The lowest BCUT2D eigenvalue weighted by Gasteiger charge is -2.32. The average molecular weight is 469 g/mol. The first-order valence-electron chi connectivity index (χ1n) is 11.5. The van der Waals surface area contributed by atoms with Gasteiger partial charge in [-0.05, 0) is 37.5 Å². The van der Waals surface area contributed by atoms with Gasteiger partial charge in [0.15, 0.2) is 5.78 Å². The largest absolute Gasteiger partial charge is 0.491 e. The molecule has 1 N–H and O–H groups in total. The van der Waals surface area contributed by atoms with Crippen molar-refractivity contribution in [2.45, 2.75) is 44.8 Å². The smallest absolute Gasteiger partial charge is 0.347 e. The molecule has 3 rings (SSSR count). The quantitative estimate of drug-likeness (QED) is 0.294. The van der Waals surface area contributed by atoms with Crippen molar-refractivity contribution >= 4 is 16.8 Å². The second-order valence-corrected chi connectivity index (χ2v) is 8.25. The SMILES string of the molecule is CCC(CC)(CCOC)OCC(O)COc1ccc2cc(C(=O)c3ccccc3)c(=O)oc2c1. The molecule has 0 aliphatic heterocycles. The van der Waals surface area contributed by atoms with Crippen LogP contribution >= 0.6 is 0 Å². The van der Waals surface area contributed by atoms with E-state index in [-0.39, 0.29) is 30.2 Å². The van der Waals surface area contributed by atoms with Crippen LogP contribution in [0.5, 0.6) is 5.75 Å². The standard InChI is InChI=1S/C27H32O7/c1-4-27(5-2,13-14-31-3)33-18-21(28)17-32-22-12-11-20-15-23(26(30)34-24(20)16-22)25(29)19-9-7-6-8-10-19/h6-12,15-16,21,28H,4-5,13-14,17-18H2,1-3H3. The summed E-state index contributed by atoms with van der Waals surface area (Å²) in [4.78, 5) is 25.1. The number of aliphatic hydroxyl groups excluding tert-OH is 1. The van der Waals surface area contributed by atoms with Crippen LogP contribution in [0.4, 0.5) is 0 Å². The second-order valence-electron chi connectivity index (χ2n) is 8.25. The summed E-state index contributed by atoms with van der Waals surface area (Å²) in [6.07, 6.45) is 1.56. The van der Waals surface area contributed by atoms with E-state index >= 15 is 0 Å². The van der Waals surface area contributed by atoms with E-state index in [0.29, 0.717) is 28.9 Å². The Morgan fingerprint density at radius 3 is 2.47 bits per heavy atom. The molecule has 0 amide bonds. The van der Waals surface area contributed by atoms with Crippen molar-refractivity contribution in [3.05, 3.63) is 76.1 Å². The molecule has 34 heavy (non-hydrogen) atoms. The van der Waals surface area contributed by atoms with Gasteiger partial charge in [-0.15, -0.1) is 0 Å². The number of methoxy groups -OCH3 is 1. The maximum atomic E-state index is 12.7. The number of carbonyl (C=O) groups excluding carboxylic acids is 1. The molecule has 0 spiro atoms. The highest BCUT2D eigenvalue weighted by atomic mass is 16.5. The van der Waals surface area contributed by atoms with Crippen molar-refractivity contribution in [3.8, 4) is 5.75 Å². The molecular formula is C27H32O7. The summed E-state index contributed by atoms with van der Waals surface area (Å²) in [6.45, 7) is 4.87. The van der Waals surface area contributed by atoms with Crippen molar-refractivity contribution in [2.24, 2.45) is 0 Å². The zero-order chi connectivity index (χ0) is 24.6. The van der Waals surface area contributed by atoms with E-state index in [1.54, 1.807) is 55.6 Å². The van der Waals surface area contributed by atoms with Gasteiger partial charge in [0.25, 0.3) is 0 Å². The van der Waals surface area contributed by atoms with E-state index in [1.807, 2.05) is 0 Å². The summed E-state index contributed by atoms with van der Waals surface area (Å²) in [5, 5.41) is 11.0. The number of rotatable bonds is 13. The Bertz CT molecular complexity index is 1130. The van der Waals surface area contributed by atoms with Crippen LogP contribution in [0.3, 0.4) is 0 Å². The number of ether oxygens (including phenoxy) is 3. The second kappa shape index (κ2) is 11.9. The molecule has 1 heterocycles. The summed E-state index contributed by atoms with van der Waals surface area (Å²) in [5.41, 5.74) is -0.351. The van der Waals surface area contributed by atoms with E-state index in [2.05, 4.69) is 13.8 Å². The molecule has 0 saturated heterocycles. The third kappa shape index (κ3) is 6.32. The normalized spacial score (nSPS) is 12.6. The van der Waals surface area contributed by atoms with Crippen molar-refractivity contribution in [1.29, 1.82) is 0 Å². The number of fused-ring (bicyclic) bond motifs is 1. The lowest BCUT2D eigenvalue weighted by molar-refractivity contribution is -0.102. The van der Waals surface area contributed by atoms with Gasteiger partial charge >= 0.3 is 5.63 Å². The highest BCUT2D eigenvalue weighted by Crippen LogP contribution is 2.26. The van der Waals surface area contributed by atoms with Gasteiger partial charge in [-0.25, -0.2) is 4.79 Å². The van der Waals surface area contributed by atoms with Crippen LogP contribution in [0.25, 0.3) is 11.0 Å². The summed E-state index contributed by atoms with van der Waals surface area (Å²) >= 11 is 0. The number of hydrogen-bond donors (Lipinski definition) is 1. The Hall–Kier alpha value is -3.00. The predicted octanol–water partition coefficient (Wildman–Crippen LogP) is 4.38. The molecule has 7 heteroatoms. The monoisotopic (exact) mass is 468 g/mol. The molecule has 1 atom stereocenters. The molecule has 0 bridgehead atoms. The van der Waals surface area contributed by atoms with Crippen LogP contribution in [0.1, 0.15) is 49.0 Å². The lowest BCUT2D eigenvalue weighted by atomic mass is 9.93. The van der Waals surface area contributed by atoms with Crippen molar-refractivity contribution < 1.29 is 28.5 Å². The maximum absolute atomic E-state index is 12.7. The molecule has 7 nitrogen and oxygen atoms in total. The molecule has 0 aliphatic rings. The summed E-state index contributed by atoms with van der Waals surface area (Å²) < 4.78 is 22.3. The van der Waals surface area contributed by atoms with Crippen LogP contribution in [0.15, 0.2) is 63.8 Å². The van der Waals surface area contributed by atoms with E-state index in [1.165, 1.54) is 6.07 Å².